The third kappa shape index (κ3) is 4.45. The summed E-state index contributed by atoms with van der Waals surface area (Å²) in [5.74, 6) is 0. The molecule has 0 aliphatic carbocycles. The Morgan fingerprint density at radius 3 is 1.67 bits per heavy atom. The molecule has 0 N–H and O–H groups in total. The highest BCUT2D eigenvalue weighted by molar-refractivity contribution is 6.16. The lowest BCUT2D eigenvalue weighted by Gasteiger charge is -2.16. The molecule has 11 rings (SSSR count). The molecular weight excluding hydrogens is 671 g/mol. The zero-order chi connectivity index (χ0) is 36.6. The lowest BCUT2D eigenvalue weighted by atomic mass is 10.0. The largest absolute Gasteiger partial charge is 0.311 e. The monoisotopic (exact) mass is 699 g/mol. The summed E-state index contributed by atoms with van der Waals surface area (Å²) < 4.78 is 6.95. The van der Waals surface area contributed by atoms with E-state index in [9.17, 15) is 5.26 Å². The second-order valence-electron chi connectivity index (χ2n) is 14.0. The van der Waals surface area contributed by atoms with Crippen LogP contribution >= 0.6 is 0 Å². The van der Waals surface area contributed by atoms with Crippen molar-refractivity contribution in [2.24, 2.45) is 0 Å². The summed E-state index contributed by atoms with van der Waals surface area (Å²) in [6.45, 7) is 7.89. The summed E-state index contributed by atoms with van der Waals surface area (Å²) >= 11 is 0. The van der Waals surface area contributed by atoms with E-state index in [-0.39, 0.29) is 0 Å². The van der Waals surface area contributed by atoms with Crippen LogP contribution in [0.2, 0.25) is 0 Å². The average Bonchev–Trinajstić information content (AvgIpc) is 3.89. The minimum absolute atomic E-state index is 0.580. The second kappa shape index (κ2) is 11.8. The highest BCUT2D eigenvalue weighted by atomic mass is 15.1. The van der Waals surface area contributed by atoms with E-state index < -0.39 is 0 Å². The Morgan fingerprint density at radius 1 is 0.436 bits per heavy atom. The van der Waals surface area contributed by atoms with E-state index in [1.165, 1.54) is 10.8 Å². The molecule has 0 aliphatic rings. The quantitative estimate of drug-likeness (QED) is 0.169. The third-order valence-corrected chi connectivity index (χ3v) is 11.0. The van der Waals surface area contributed by atoms with E-state index in [2.05, 4.69) is 164 Å². The SMILES string of the molecule is [C-]#[N+]c1cccc2c1c1ccccc1n2-c1cccc(-c2cc(C#N)cc(-n3c4ccccc4c4cccc(-n5c6ccccc6c6ccccc65)c43)c2)c1. The lowest BCUT2D eigenvalue weighted by Crippen LogP contribution is -2.01. The Balaban J connectivity index is 1.17. The van der Waals surface area contributed by atoms with Gasteiger partial charge in [-0.3, -0.25) is 0 Å². The Bertz CT molecular complexity index is 3420. The first-order valence-corrected chi connectivity index (χ1v) is 18.3. The third-order valence-electron chi connectivity index (χ3n) is 11.0. The number of rotatable bonds is 4. The Morgan fingerprint density at radius 2 is 0.982 bits per heavy atom. The highest BCUT2D eigenvalue weighted by Crippen LogP contribution is 2.41. The van der Waals surface area contributed by atoms with Gasteiger partial charge in [-0.25, -0.2) is 4.85 Å². The van der Waals surface area contributed by atoms with Crippen molar-refractivity contribution in [3.8, 4) is 34.3 Å². The van der Waals surface area contributed by atoms with E-state index in [1.54, 1.807) is 0 Å². The van der Waals surface area contributed by atoms with Crippen LogP contribution in [0.25, 0.3) is 98.5 Å². The molecule has 0 atom stereocenters. The molecule has 8 aromatic carbocycles. The first-order chi connectivity index (χ1) is 27.2. The van der Waals surface area contributed by atoms with Crippen LogP contribution in [-0.2, 0) is 0 Å². The van der Waals surface area contributed by atoms with E-state index in [4.69, 9.17) is 6.57 Å². The maximum absolute atomic E-state index is 10.5. The van der Waals surface area contributed by atoms with Gasteiger partial charge in [0, 0.05) is 43.8 Å². The average molecular weight is 700 g/mol. The zero-order valence-electron chi connectivity index (χ0n) is 29.5. The van der Waals surface area contributed by atoms with Crippen LogP contribution < -0.4 is 0 Å². The molecule has 11 aromatic rings. The van der Waals surface area contributed by atoms with Gasteiger partial charge in [-0.15, -0.1) is 0 Å². The molecule has 0 amide bonds. The molecule has 5 heteroatoms. The number of fused-ring (bicyclic) bond motifs is 9. The van der Waals surface area contributed by atoms with Gasteiger partial charge in [0.05, 0.1) is 51.5 Å². The van der Waals surface area contributed by atoms with Gasteiger partial charge in [-0.1, -0.05) is 109 Å². The fraction of sp³-hybridized carbons (Fsp3) is 0. The summed E-state index contributed by atoms with van der Waals surface area (Å²) in [5.41, 5.74) is 12.6. The van der Waals surface area contributed by atoms with Gasteiger partial charge >= 0.3 is 0 Å². The molecule has 3 heterocycles. The van der Waals surface area contributed by atoms with Crippen LogP contribution in [0.15, 0.2) is 176 Å². The molecule has 0 saturated heterocycles. The van der Waals surface area contributed by atoms with Crippen LogP contribution in [0.4, 0.5) is 5.69 Å². The van der Waals surface area contributed by atoms with Crippen molar-refractivity contribution >= 4 is 71.1 Å². The summed E-state index contributed by atoms with van der Waals surface area (Å²) in [6, 6.07) is 63.7. The van der Waals surface area contributed by atoms with Gasteiger partial charge in [0.15, 0.2) is 5.69 Å². The minimum Gasteiger partial charge on any atom is -0.311 e. The van der Waals surface area contributed by atoms with Crippen molar-refractivity contribution in [2.75, 3.05) is 0 Å². The van der Waals surface area contributed by atoms with Gasteiger partial charge in [-0.05, 0) is 83.2 Å². The number of nitrogens with zero attached hydrogens (tertiary/aromatic N) is 5. The van der Waals surface area contributed by atoms with Crippen molar-refractivity contribution in [3.05, 3.63) is 193 Å². The van der Waals surface area contributed by atoms with Gasteiger partial charge in [0.25, 0.3) is 0 Å². The van der Waals surface area contributed by atoms with Crippen molar-refractivity contribution < 1.29 is 0 Å². The van der Waals surface area contributed by atoms with Gasteiger partial charge in [0.1, 0.15) is 0 Å². The molecule has 0 fully saturated rings. The molecule has 55 heavy (non-hydrogen) atoms. The maximum atomic E-state index is 10.5. The fourth-order valence-corrected chi connectivity index (χ4v) is 8.80. The van der Waals surface area contributed by atoms with E-state index in [0.717, 1.165) is 82.8 Å². The first-order valence-electron chi connectivity index (χ1n) is 18.3. The molecule has 5 nitrogen and oxygen atoms in total. The predicted molar refractivity (Wildman–Crippen MR) is 226 cm³/mol. The molecule has 3 aromatic heterocycles. The van der Waals surface area contributed by atoms with Crippen molar-refractivity contribution in [3.63, 3.8) is 0 Å². The normalized spacial score (nSPS) is 11.6. The zero-order valence-corrected chi connectivity index (χ0v) is 29.5. The topological polar surface area (TPSA) is 42.9 Å². The molecule has 0 aliphatic heterocycles. The highest BCUT2D eigenvalue weighted by Gasteiger charge is 2.21. The molecule has 0 spiro atoms. The lowest BCUT2D eigenvalue weighted by molar-refractivity contribution is 1.13. The van der Waals surface area contributed by atoms with E-state index in [1.807, 2.05) is 36.4 Å². The molecule has 0 unspecified atom stereocenters. The van der Waals surface area contributed by atoms with Crippen LogP contribution in [0, 0.1) is 17.9 Å². The van der Waals surface area contributed by atoms with Crippen LogP contribution in [-0.4, -0.2) is 13.7 Å². The van der Waals surface area contributed by atoms with Crippen molar-refractivity contribution in [2.45, 2.75) is 0 Å². The van der Waals surface area contributed by atoms with Gasteiger partial charge < -0.3 is 13.7 Å². The Labute approximate surface area is 316 Å². The van der Waals surface area contributed by atoms with Gasteiger partial charge in [0.2, 0.25) is 0 Å². The smallest absolute Gasteiger partial charge is 0.197 e. The molecule has 0 saturated carbocycles. The van der Waals surface area contributed by atoms with Gasteiger partial charge in [-0.2, -0.15) is 5.26 Å². The maximum Gasteiger partial charge on any atom is 0.197 e. The van der Waals surface area contributed by atoms with Crippen molar-refractivity contribution in [1.82, 2.24) is 13.7 Å². The van der Waals surface area contributed by atoms with Crippen LogP contribution in [0.3, 0.4) is 0 Å². The standard InChI is InChI=1S/C50H29N5/c1-52-42-20-12-25-47-49(42)41-18-5-9-24-46(41)53(47)35-14-10-13-33(29-35)34-27-32(31-51)28-36(30-34)54-43-21-6-4-17-39(43)40-19-11-26-48(50(40)54)55-44-22-7-2-15-37(44)38-16-3-8-23-45(38)55/h2-30H. The van der Waals surface area contributed by atoms with E-state index in [0.29, 0.717) is 11.3 Å². The summed E-state index contributed by atoms with van der Waals surface area (Å²) in [5, 5.41) is 17.2. The Kier molecular flexibility index (Phi) is 6.61. The van der Waals surface area contributed by atoms with Crippen molar-refractivity contribution in [1.29, 1.82) is 5.26 Å². The molecular formula is C50H29N5. The number of aromatic nitrogens is 3. The number of hydrogen-bond donors (Lipinski definition) is 0. The first kappa shape index (κ1) is 30.7. The summed E-state index contributed by atoms with van der Waals surface area (Å²) in [6.07, 6.45) is 0. The van der Waals surface area contributed by atoms with Crippen LogP contribution in [0.5, 0.6) is 0 Å². The second-order valence-corrected chi connectivity index (χ2v) is 14.0. The summed E-state index contributed by atoms with van der Waals surface area (Å²) in [7, 11) is 0. The molecule has 0 radical (unpaired) electrons. The number of nitriles is 1. The fourth-order valence-electron chi connectivity index (χ4n) is 8.80. The molecule has 0 bridgehead atoms. The number of para-hydroxylation sites is 5. The number of benzene rings is 8. The molecule has 254 valence electrons. The minimum atomic E-state index is 0.580. The summed E-state index contributed by atoms with van der Waals surface area (Å²) in [4.78, 5) is 3.87. The Hall–Kier alpha value is -7.86. The van der Waals surface area contributed by atoms with Crippen LogP contribution in [0.1, 0.15) is 5.56 Å². The number of hydrogen-bond acceptors (Lipinski definition) is 1. The van der Waals surface area contributed by atoms with E-state index >= 15 is 0 Å². The predicted octanol–water partition coefficient (Wildman–Crippen LogP) is 13.1.